The Labute approximate surface area is 168 Å². The summed E-state index contributed by atoms with van der Waals surface area (Å²) in [6, 6.07) is 13.7. The predicted molar refractivity (Wildman–Crippen MR) is 108 cm³/mol. The van der Waals surface area contributed by atoms with Crippen LogP contribution in [0.2, 0.25) is 0 Å². The van der Waals surface area contributed by atoms with Crippen LogP contribution in [-0.4, -0.2) is 43.7 Å². The molecule has 1 fully saturated rings. The van der Waals surface area contributed by atoms with Gasteiger partial charge in [-0.05, 0) is 31.4 Å². The molecule has 0 saturated carbocycles. The molecule has 1 saturated heterocycles. The van der Waals surface area contributed by atoms with Crippen LogP contribution in [0.15, 0.2) is 59.4 Å². The first kappa shape index (κ1) is 17.6. The van der Waals surface area contributed by atoms with Gasteiger partial charge in [0.15, 0.2) is 0 Å². The number of rotatable bonds is 3. The number of likely N-dealkylation sites (tertiary alicyclic amines) is 1. The van der Waals surface area contributed by atoms with Crippen molar-refractivity contribution in [1.29, 1.82) is 0 Å². The van der Waals surface area contributed by atoms with E-state index >= 15 is 0 Å². The van der Waals surface area contributed by atoms with Gasteiger partial charge in [-0.3, -0.25) is 4.79 Å². The van der Waals surface area contributed by atoms with E-state index < -0.39 is 0 Å². The predicted octanol–water partition coefficient (Wildman–Crippen LogP) is 3.71. The minimum atomic E-state index is -0.00338. The second-order valence-electron chi connectivity index (χ2n) is 7.51. The number of aryl methyl sites for hydroxylation is 1. The van der Waals surface area contributed by atoms with E-state index in [2.05, 4.69) is 15.2 Å². The number of benzene rings is 1. The molecule has 1 aliphatic heterocycles. The number of carbonyl (C=O) groups excluding carboxylic acids is 1. The smallest absolute Gasteiger partial charge is 0.257 e. The van der Waals surface area contributed by atoms with Gasteiger partial charge in [-0.25, -0.2) is 4.52 Å². The zero-order chi connectivity index (χ0) is 19.8. The highest BCUT2D eigenvalue weighted by molar-refractivity contribution is 6.00. The van der Waals surface area contributed by atoms with E-state index in [0.717, 1.165) is 36.0 Å². The van der Waals surface area contributed by atoms with Crippen molar-refractivity contribution in [2.75, 3.05) is 13.1 Å². The van der Waals surface area contributed by atoms with Gasteiger partial charge in [0.05, 0.1) is 23.2 Å². The fourth-order valence-corrected chi connectivity index (χ4v) is 3.89. The topological polar surface area (TPSA) is 76.5 Å². The van der Waals surface area contributed by atoms with Gasteiger partial charge in [0, 0.05) is 24.8 Å². The second kappa shape index (κ2) is 7.16. The lowest BCUT2D eigenvalue weighted by Crippen LogP contribution is -2.39. The molecule has 4 aromatic rings. The molecule has 146 valence electrons. The molecule has 0 bridgehead atoms. The van der Waals surface area contributed by atoms with Crippen LogP contribution in [0.1, 0.15) is 40.6 Å². The van der Waals surface area contributed by atoms with Crippen LogP contribution in [0.25, 0.3) is 16.9 Å². The zero-order valence-corrected chi connectivity index (χ0v) is 16.2. The van der Waals surface area contributed by atoms with Gasteiger partial charge in [0.2, 0.25) is 11.7 Å². The third-order valence-electron chi connectivity index (χ3n) is 5.43. The van der Waals surface area contributed by atoms with Crippen molar-refractivity contribution in [1.82, 2.24) is 24.7 Å². The Balaban J connectivity index is 1.36. The second-order valence-corrected chi connectivity index (χ2v) is 7.51. The fraction of sp³-hybridized carbons (Fsp3) is 0.273. The average molecular weight is 387 g/mol. The van der Waals surface area contributed by atoms with E-state index in [1.165, 1.54) is 0 Å². The molecule has 0 N–H and O–H groups in total. The Kier molecular flexibility index (Phi) is 4.35. The molecule has 1 unspecified atom stereocenters. The Hall–Kier alpha value is -3.48. The summed E-state index contributed by atoms with van der Waals surface area (Å²) in [6.45, 7) is 3.29. The van der Waals surface area contributed by atoms with Crippen molar-refractivity contribution < 1.29 is 9.32 Å². The molecule has 1 aromatic carbocycles. The number of aromatic nitrogens is 4. The standard InChI is InChI=1S/C22H21N5O2/c1-15-9-10-19-18(12-23-27(19)13-15)22(28)26-11-5-8-17(14-26)21-24-20(25-29-21)16-6-3-2-4-7-16/h2-4,6-7,9-10,12-13,17H,5,8,11,14H2,1H3. The van der Waals surface area contributed by atoms with Crippen LogP contribution in [0.5, 0.6) is 0 Å². The molecule has 29 heavy (non-hydrogen) atoms. The summed E-state index contributed by atoms with van der Waals surface area (Å²) in [5.74, 6) is 1.22. The zero-order valence-electron chi connectivity index (χ0n) is 16.2. The Morgan fingerprint density at radius 1 is 1.17 bits per heavy atom. The highest BCUT2D eigenvalue weighted by atomic mass is 16.5. The lowest BCUT2D eigenvalue weighted by molar-refractivity contribution is 0.0697. The van der Waals surface area contributed by atoms with Gasteiger partial charge in [-0.1, -0.05) is 41.6 Å². The van der Waals surface area contributed by atoms with Gasteiger partial charge in [-0.15, -0.1) is 0 Å². The van der Waals surface area contributed by atoms with Gasteiger partial charge >= 0.3 is 0 Å². The molecule has 0 aliphatic carbocycles. The van der Waals surface area contributed by atoms with Crippen molar-refractivity contribution in [3.05, 3.63) is 71.9 Å². The van der Waals surface area contributed by atoms with Crippen LogP contribution in [0.4, 0.5) is 0 Å². The summed E-state index contributed by atoms with van der Waals surface area (Å²) in [5, 5.41) is 8.47. The number of amides is 1. The van der Waals surface area contributed by atoms with Crippen LogP contribution in [0.3, 0.4) is 0 Å². The highest BCUT2D eigenvalue weighted by Crippen LogP contribution is 2.29. The molecule has 0 radical (unpaired) electrons. The Bertz CT molecular complexity index is 1160. The number of carbonyl (C=O) groups is 1. The van der Waals surface area contributed by atoms with E-state index in [1.54, 1.807) is 10.7 Å². The molecule has 5 rings (SSSR count). The van der Waals surface area contributed by atoms with Crippen molar-refractivity contribution in [3.63, 3.8) is 0 Å². The number of piperidine rings is 1. The van der Waals surface area contributed by atoms with E-state index in [-0.39, 0.29) is 11.8 Å². The first-order valence-corrected chi connectivity index (χ1v) is 9.81. The first-order valence-electron chi connectivity index (χ1n) is 9.81. The van der Waals surface area contributed by atoms with E-state index in [1.807, 2.05) is 60.5 Å². The minimum absolute atomic E-state index is 0.00338. The summed E-state index contributed by atoms with van der Waals surface area (Å²) < 4.78 is 7.30. The van der Waals surface area contributed by atoms with Crippen LogP contribution in [-0.2, 0) is 0 Å². The summed E-state index contributed by atoms with van der Waals surface area (Å²) in [4.78, 5) is 19.6. The maximum Gasteiger partial charge on any atom is 0.257 e. The lowest BCUT2D eigenvalue weighted by atomic mass is 9.97. The van der Waals surface area contributed by atoms with Gasteiger partial charge in [0.25, 0.3) is 5.91 Å². The average Bonchev–Trinajstić information content (AvgIpc) is 3.41. The molecule has 7 heteroatoms. The van der Waals surface area contributed by atoms with Gasteiger partial charge in [-0.2, -0.15) is 10.1 Å². The Morgan fingerprint density at radius 2 is 2.03 bits per heavy atom. The Morgan fingerprint density at radius 3 is 2.90 bits per heavy atom. The third-order valence-corrected chi connectivity index (χ3v) is 5.43. The molecule has 7 nitrogen and oxygen atoms in total. The maximum atomic E-state index is 13.2. The largest absolute Gasteiger partial charge is 0.339 e. The summed E-state index contributed by atoms with van der Waals surface area (Å²) in [6.07, 6.45) is 5.40. The van der Waals surface area contributed by atoms with E-state index in [0.29, 0.717) is 23.8 Å². The van der Waals surface area contributed by atoms with Crippen LogP contribution < -0.4 is 0 Å². The highest BCUT2D eigenvalue weighted by Gasteiger charge is 2.30. The first-order chi connectivity index (χ1) is 14.2. The molecule has 1 aliphatic rings. The van der Waals surface area contributed by atoms with Crippen molar-refractivity contribution in [3.8, 4) is 11.4 Å². The normalized spacial score (nSPS) is 17.0. The fourth-order valence-electron chi connectivity index (χ4n) is 3.89. The number of pyridine rings is 1. The van der Waals surface area contributed by atoms with Crippen molar-refractivity contribution in [2.45, 2.75) is 25.7 Å². The number of nitrogens with zero attached hydrogens (tertiary/aromatic N) is 5. The number of hydrogen-bond donors (Lipinski definition) is 0. The number of hydrogen-bond acceptors (Lipinski definition) is 5. The molecular weight excluding hydrogens is 366 g/mol. The third kappa shape index (κ3) is 3.29. The lowest BCUT2D eigenvalue weighted by Gasteiger charge is -2.30. The van der Waals surface area contributed by atoms with Gasteiger partial charge < -0.3 is 9.42 Å². The molecule has 4 heterocycles. The molecule has 1 atom stereocenters. The molecular formula is C22H21N5O2. The summed E-state index contributed by atoms with van der Waals surface area (Å²) >= 11 is 0. The molecule has 3 aromatic heterocycles. The summed E-state index contributed by atoms with van der Waals surface area (Å²) in [7, 11) is 0. The maximum absolute atomic E-state index is 13.2. The monoisotopic (exact) mass is 387 g/mol. The summed E-state index contributed by atoms with van der Waals surface area (Å²) in [5.41, 5.74) is 3.48. The number of fused-ring (bicyclic) bond motifs is 1. The quantitative estimate of drug-likeness (QED) is 0.536. The van der Waals surface area contributed by atoms with Crippen molar-refractivity contribution in [2.24, 2.45) is 0 Å². The molecule has 0 spiro atoms. The van der Waals surface area contributed by atoms with Crippen LogP contribution in [0, 0.1) is 6.92 Å². The van der Waals surface area contributed by atoms with E-state index in [4.69, 9.17) is 4.52 Å². The molecule has 1 amide bonds. The minimum Gasteiger partial charge on any atom is -0.339 e. The van der Waals surface area contributed by atoms with Crippen LogP contribution >= 0.6 is 0 Å². The van der Waals surface area contributed by atoms with E-state index in [9.17, 15) is 4.79 Å². The van der Waals surface area contributed by atoms with Crippen molar-refractivity contribution >= 4 is 11.4 Å². The van der Waals surface area contributed by atoms with Gasteiger partial charge in [0.1, 0.15) is 0 Å². The SMILES string of the molecule is Cc1ccc2c(C(=O)N3CCCC(c4nc(-c5ccccc5)no4)C3)cnn2c1.